The lowest BCUT2D eigenvalue weighted by atomic mass is 9.88. The van der Waals surface area contributed by atoms with Gasteiger partial charge < -0.3 is 14.5 Å². The van der Waals surface area contributed by atoms with Gasteiger partial charge in [0.2, 0.25) is 5.91 Å². The Labute approximate surface area is 187 Å². The molecule has 3 heterocycles. The van der Waals surface area contributed by atoms with E-state index in [1.165, 1.54) is 4.88 Å². The van der Waals surface area contributed by atoms with Gasteiger partial charge in [-0.1, -0.05) is 6.92 Å². The normalized spacial score (nSPS) is 19.7. The molecule has 0 aromatic carbocycles. The van der Waals surface area contributed by atoms with Crippen molar-refractivity contribution in [2.75, 3.05) is 44.6 Å². The number of esters is 1. The average Bonchev–Trinajstić information content (AvgIpc) is 3.36. The maximum atomic E-state index is 12.8. The van der Waals surface area contributed by atoms with Crippen molar-refractivity contribution in [3.63, 3.8) is 0 Å². The summed E-state index contributed by atoms with van der Waals surface area (Å²) in [5, 5.41) is 3.68. The Kier molecular flexibility index (Phi) is 7.09. The van der Waals surface area contributed by atoms with Crippen LogP contribution in [0.15, 0.2) is 22.8 Å². The number of rotatable bonds is 7. The molecule has 1 unspecified atom stereocenters. The minimum atomic E-state index is -0.323. The summed E-state index contributed by atoms with van der Waals surface area (Å²) >= 11 is 1.54. The van der Waals surface area contributed by atoms with Gasteiger partial charge in [-0.25, -0.2) is 4.79 Å². The quantitative estimate of drug-likeness (QED) is 0.659. The third-order valence-corrected chi connectivity index (χ3v) is 7.21. The summed E-state index contributed by atoms with van der Waals surface area (Å²) in [6, 6.07) is 3.89. The summed E-state index contributed by atoms with van der Waals surface area (Å²) in [5.74, 6) is 1.17. The van der Waals surface area contributed by atoms with Crippen LogP contribution in [0.1, 0.15) is 46.8 Å². The fraction of sp³-hybridized carbons (Fsp3) is 0.565. The number of carbonyl (C=O) groups is 2. The van der Waals surface area contributed by atoms with Gasteiger partial charge in [-0.3, -0.25) is 14.6 Å². The van der Waals surface area contributed by atoms with E-state index in [2.05, 4.69) is 22.0 Å². The molecule has 2 aliphatic rings. The molecule has 7 nitrogen and oxygen atoms in total. The smallest absolute Gasteiger partial charge is 0.341 e. The monoisotopic (exact) mass is 445 g/mol. The zero-order valence-electron chi connectivity index (χ0n) is 18.3. The molecule has 0 saturated carbocycles. The number of amides is 1. The van der Waals surface area contributed by atoms with Crippen LogP contribution in [0.5, 0.6) is 0 Å². The van der Waals surface area contributed by atoms with E-state index < -0.39 is 0 Å². The molecular formula is C23H31N3O4S. The number of carbonyl (C=O) groups excluding carboxylic acids is 2. The Balaban J connectivity index is 1.36. The van der Waals surface area contributed by atoms with Crippen LogP contribution >= 0.6 is 11.3 Å². The van der Waals surface area contributed by atoms with Crippen LogP contribution in [0.3, 0.4) is 0 Å². The summed E-state index contributed by atoms with van der Waals surface area (Å²) in [5.41, 5.74) is 1.65. The topological polar surface area (TPSA) is 75.0 Å². The highest BCUT2D eigenvalue weighted by Crippen LogP contribution is 2.40. The van der Waals surface area contributed by atoms with E-state index in [1.54, 1.807) is 17.6 Å². The van der Waals surface area contributed by atoms with Gasteiger partial charge in [0.25, 0.3) is 0 Å². The van der Waals surface area contributed by atoms with Crippen LogP contribution in [0.25, 0.3) is 0 Å². The first-order chi connectivity index (χ1) is 15.0. The number of furan rings is 1. The summed E-state index contributed by atoms with van der Waals surface area (Å²) in [4.78, 5) is 31.1. The fourth-order valence-corrected chi connectivity index (χ4v) is 5.77. The van der Waals surface area contributed by atoms with Crippen LogP contribution < -0.4 is 5.32 Å². The van der Waals surface area contributed by atoms with E-state index in [0.29, 0.717) is 29.6 Å². The molecule has 8 heteroatoms. The van der Waals surface area contributed by atoms with E-state index >= 15 is 0 Å². The first-order valence-electron chi connectivity index (χ1n) is 11.1. The van der Waals surface area contributed by atoms with Crippen LogP contribution in [0.2, 0.25) is 0 Å². The Morgan fingerprint density at radius 1 is 1.26 bits per heavy atom. The molecule has 31 heavy (non-hydrogen) atoms. The second-order valence-corrected chi connectivity index (χ2v) is 9.56. The molecule has 1 aliphatic carbocycles. The standard InChI is InChI=1S/C23H31N3O4S/c1-3-29-23(28)21-18-7-6-16(2)13-19(18)31-22(21)24-20(27)15-26-10-8-25(9-11-26)14-17-5-4-12-30-17/h4-5,12,16H,3,6-11,13-15H2,1-2H3,(H,24,27). The maximum Gasteiger partial charge on any atom is 0.341 e. The Hall–Kier alpha value is -2.16. The van der Waals surface area contributed by atoms with Crippen LogP contribution in [-0.2, 0) is 28.9 Å². The number of nitrogens with one attached hydrogen (secondary N) is 1. The second kappa shape index (κ2) is 9.97. The van der Waals surface area contributed by atoms with Crippen molar-refractivity contribution in [2.24, 2.45) is 5.92 Å². The summed E-state index contributed by atoms with van der Waals surface area (Å²) in [6.07, 6.45) is 4.59. The molecule has 2 aromatic heterocycles. The van der Waals surface area contributed by atoms with Crippen molar-refractivity contribution in [3.05, 3.63) is 40.2 Å². The summed E-state index contributed by atoms with van der Waals surface area (Å²) in [7, 11) is 0. The zero-order valence-corrected chi connectivity index (χ0v) is 19.1. The fourth-order valence-electron chi connectivity index (χ4n) is 4.36. The SMILES string of the molecule is CCOC(=O)c1c(NC(=O)CN2CCN(Cc3ccco3)CC2)sc2c1CCC(C)C2. The van der Waals surface area contributed by atoms with E-state index in [0.717, 1.165) is 63.3 Å². The molecular weight excluding hydrogens is 414 g/mol. The molecule has 1 N–H and O–H groups in total. The predicted octanol–water partition coefficient (Wildman–Crippen LogP) is 3.40. The zero-order chi connectivity index (χ0) is 21.8. The molecule has 2 aromatic rings. The number of hydrogen-bond acceptors (Lipinski definition) is 7. The van der Waals surface area contributed by atoms with Gasteiger partial charge in [0.15, 0.2) is 0 Å². The van der Waals surface area contributed by atoms with Crippen molar-refractivity contribution >= 4 is 28.2 Å². The van der Waals surface area contributed by atoms with E-state index in [-0.39, 0.29) is 11.9 Å². The lowest BCUT2D eigenvalue weighted by Gasteiger charge is -2.33. The number of anilines is 1. The number of hydrogen-bond donors (Lipinski definition) is 1. The van der Waals surface area contributed by atoms with Crippen LogP contribution in [0, 0.1) is 5.92 Å². The molecule has 1 atom stereocenters. The maximum absolute atomic E-state index is 12.8. The van der Waals surface area contributed by atoms with Gasteiger partial charge in [-0.05, 0) is 49.8 Å². The van der Waals surface area contributed by atoms with Crippen LogP contribution in [-0.4, -0.2) is 61.0 Å². The van der Waals surface area contributed by atoms with Gasteiger partial charge in [0, 0.05) is 31.1 Å². The predicted molar refractivity (Wildman–Crippen MR) is 121 cm³/mol. The molecule has 0 spiro atoms. The highest BCUT2D eigenvalue weighted by atomic mass is 32.1. The molecule has 1 aliphatic heterocycles. The Morgan fingerprint density at radius 3 is 2.74 bits per heavy atom. The lowest BCUT2D eigenvalue weighted by Crippen LogP contribution is -2.48. The van der Waals surface area contributed by atoms with Crippen molar-refractivity contribution < 1.29 is 18.7 Å². The Morgan fingerprint density at radius 2 is 2.03 bits per heavy atom. The van der Waals surface area contributed by atoms with Gasteiger partial charge in [-0.15, -0.1) is 11.3 Å². The van der Waals surface area contributed by atoms with Gasteiger partial charge in [-0.2, -0.15) is 0 Å². The molecule has 1 fully saturated rings. The van der Waals surface area contributed by atoms with Crippen molar-refractivity contribution in [3.8, 4) is 0 Å². The molecule has 1 amide bonds. The Bertz CT molecular complexity index is 900. The first kappa shape index (κ1) is 22.0. The van der Waals surface area contributed by atoms with Gasteiger partial charge in [0.1, 0.15) is 10.8 Å². The van der Waals surface area contributed by atoms with Crippen molar-refractivity contribution in [1.82, 2.24) is 9.80 Å². The number of thiophene rings is 1. The first-order valence-corrected chi connectivity index (χ1v) is 11.9. The lowest BCUT2D eigenvalue weighted by molar-refractivity contribution is -0.117. The molecule has 0 radical (unpaired) electrons. The van der Waals surface area contributed by atoms with Crippen molar-refractivity contribution in [2.45, 2.75) is 39.7 Å². The van der Waals surface area contributed by atoms with Crippen molar-refractivity contribution in [1.29, 1.82) is 0 Å². The number of ether oxygens (including phenoxy) is 1. The number of nitrogens with zero attached hydrogens (tertiary/aromatic N) is 2. The van der Waals surface area contributed by atoms with E-state index in [4.69, 9.17) is 9.15 Å². The summed E-state index contributed by atoms with van der Waals surface area (Å²) < 4.78 is 10.7. The molecule has 4 rings (SSSR count). The van der Waals surface area contributed by atoms with Gasteiger partial charge in [0.05, 0.1) is 31.5 Å². The number of piperazine rings is 1. The highest BCUT2D eigenvalue weighted by Gasteiger charge is 2.29. The second-order valence-electron chi connectivity index (χ2n) is 8.46. The third kappa shape index (κ3) is 5.37. The van der Waals surface area contributed by atoms with Gasteiger partial charge >= 0.3 is 5.97 Å². The molecule has 0 bridgehead atoms. The van der Waals surface area contributed by atoms with E-state index in [1.807, 2.05) is 19.1 Å². The highest BCUT2D eigenvalue weighted by molar-refractivity contribution is 7.17. The third-order valence-electron chi connectivity index (χ3n) is 6.04. The average molecular weight is 446 g/mol. The molecule has 1 saturated heterocycles. The minimum absolute atomic E-state index is 0.0725. The number of fused-ring (bicyclic) bond motifs is 1. The van der Waals surface area contributed by atoms with Crippen LogP contribution in [0.4, 0.5) is 5.00 Å². The van der Waals surface area contributed by atoms with E-state index in [9.17, 15) is 9.59 Å². The minimum Gasteiger partial charge on any atom is -0.468 e. The largest absolute Gasteiger partial charge is 0.468 e. The molecule has 168 valence electrons. The summed E-state index contributed by atoms with van der Waals surface area (Å²) in [6.45, 7) is 8.95.